The SMILES string of the molecule is C=CC(=O)NC(C)(C)C(=O)NN1CCN(C)CC1. The van der Waals surface area contributed by atoms with Crippen LogP contribution in [-0.2, 0) is 9.59 Å². The molecule has 6 nitrogen and oxygen atoms in total. The van der Waals surface area contributed by atoms with Gasteiger partial charge in [0.25, 0.3) is 5.91 Å². The zero-order valence-electron chi connectivity index (χ0n) is 11.3. The van der Waals surface area contributed by atoms with E-state index in [9.17, 15) is 9.59 Å². The van der Waals surface area contributed by atoms with Crippen LogP contribution in [0.5, 0.6) is 0 Å². The number of rotatable bonds is 4. The third-order valence-electron chi connectivity index (χ3n) is 2.95. The highest BCUT2D eigenvalue weighted by Gasteiger charge is 2.30. The fourth-order valence-corrected chi connectivity index (χ4v) is 1.62. The Labute approximate surface area is 108 Å². The molecule has 0 aromatic rings. The molecule has 1 heterocycles. The van der Waals surface area contributed by atoms with E-state index in [4.69, 9.17) is 0 Å². The molecular formula is C12H22N4O2. The lowest BCUT2D eigenvalue weighted by Gasteiger charge is -2.35. The Morgan fingerprint density at radius 1 is 1.22 bits per heavy atom. The molecule has 0 atom stereocenters. The Kier molecular flexibility index (Phi) is 4.86. The summed E-state index contributed by atoms with van der Waals surface area (Å²) < 4.78 is 0. The zero-order chi connectivity index (χ0) is 13.8. The number of hydrogen-bond donors (Lipinski definition) is 2. The number of hydrazine groups is 1. The van der Waals surface area contributed by atoms with Gasteiger partial charge < -0.3 is 10.2 Å². The second kappa shape index (κ2) is 5.97. The van der Waals surface area contributed by atoms with E-state index >= 15 is 0 Å². The maximum absolute atomic E-state index is 12.1. The van der Waals surface area contributed by atoms with Gasteiger partial charge in [0.1, 0.15) is 5.54 Å². The van der Waals surface area contributed by atoms with Crippen molar-refractivity contribution >= 4 is 11.8 Å². The highest BCUT2D eigenvalue weighted by Crippen LogP contribution is 2.04. The summed E-state index contributed by atoms with van der Waals surface area (Å²) in [5, 5.41) is 4.48. The monoisotopic (exact) mass is 254 g/mol. The van der Waals surface area contributed by atoms with Crippen molar-refractivity contribution in [2.24, 2.45) is 0 Å². The molecule has 0 aliphatic carbocycles. The average molecular weight is 254 g/mol. The van der Waals surface area contributed by atoms with Gasteiger partial charge in [-0.3, -0.25) is 15.0 Å². The van der Waals surface area contributed by atoms with Crippen LogP contribution < -0.4 is 10.7 Å². The summed E-state index contributed by atoms with van der Waals surface area (Å²) in [4.78, 5) is 25.5. The molecule has 18 heavy (non-hydrogen) atoms. The van der Waals surface area contributed by atoms with Crippen molar-refractivity contribution in [3.63, 3.8) is 0 Å². The van der Waals surface area contributed by atoms with Crippen LogP contribution in [0.15, 0.2) is 12.7 Å². The molecule has 0 spiro atoms. The van der Waals surface area contributed by atoms with Gasteiger partial charge in [0.2, 0.25) is 5.91 Å². The molecule has 2 amide bonds. The van der Waals surface area contributed by atoms with Crippen LogP contribution >= 0.6 is 0 Å². The van der Waals surface area contributed by atoms with Gasteiger partial charge >= 0.3 is 0 Å². The van der Waals surface area contributed by atoms with Crippen LogP contribution in [0.4, 0.5) is 0 Å². The van der Waals surface area contributed by atoms with Crippen LogP contribution in [0.3, 0.4) is 0 Å². The van der Waals surface area contributed by atoms with Crippen molar-refractivity contribution in [3.05, 3.63) is 12.7 Å². The lowest BCUT2D eigenvalue weighted by Crippen LogP contribution is -2.60. The molecule has 102 valence electrons. The fraction of sp³-hybridized carbons (Fsp3) is 0.667. The van der Waals surface area contributed by atoms with E-state index in [0.717, 1.165) is 32.3 Å². The van der Waals surface area contributed by atoms with Gasteiger partial charge in [-0.25, -0.2) is 5.01 Å². The first-order valence-electron chi connectivity index (χ1n) is 6.04. The number of likely N-dealkylation sites (N-methyl/N-ethyl adjacent to an activating group) is 1. The summed E-state index contributed by atoms with van der Waals surface area (Å²) in [6.45, 7) is 10.1. The first kappa shape index (κ1) is 14.7. The normalized spacial score (nSPS) is 18.2. The molecule has 0 aromatic carbocycles. The van der Waals surface area contributed by atoms with Crippen molar-refractivity contribution in [1.29, 1.82) is 0 Å². The minimum atomic E-state index is -0.950. The van der Waals surface area contributed by atoms with Gasteiger partial charge in [0.15, 0.2) is 0 Å². The highest BCUT2D eigenvalue weighted by atomic mass is 16.2. The smallest absolute Gasteiger partial charge is 0.259 e. The van der Waals surface area contributed by atoms with Crippen molar-refractivity contribution in [2.75, 3.05) is 33.2 Å². The summed E-state index contributed by atoms with van der Waals surface area (Å²) in [6, 6.07) is 0. The van der Waals surface area contributed by atoms with E-state index in [1.54, 1.807) is 13.8 Å². The van der Waals surface area contributed by atoms with E-state index in [1.807, 2.05) is 12.1 Å². The predicted octanol–water partition coefficient (Wildman–Crippen LogP) is -0.654. The molecule has 1 saturated heterocycles. The van der Waals surface area contributed by atoms with Crippen LogP contribution in [0, 0.1) is 0 Å². The molecule has 1 fully saturated rings. The van der Waals surface area contributed by atoms with Crippen LogP contribution in [0.1, 0.15) is 13.8 Å². The molecule has 2 N–H and O–H groups in total. The molecule has 0 radical (unpaired) electrons. The van der Waals surface area contributed by atoms with Gasteiger partial charge in [-0.05, 0) is 27.0 Å². The lowest BCUT2D eigenvalue weighted by atomic mass is 10.1. The topological polar surface area (TPSA) is 64.7 Å². The predicted molar refractivity (Wildman–Crippen MR) is 69.6 cm³/mol. The number of nitrogens with zero attached hydrogens (tertiary/aromatic N) is 2. The fourth-order valence-electron chi connectivity index (χ4n) is 1.62. The van der Waals surface area contributed by atoms with E-state index < -0.39 is 5.54 Å². The van der Waals surface area contributed by atoms with Crippen LogP contribution in [0.25, 0.3) is 0 Å². The highest BCUT2D eigenvalue weighted by molar-refractivity contribution is 5.94. The Bertz CT molecular complexity index is 333. The van der Waals surface area contributed by atoms with Gasteiger partial charge in [-0.2, -0.15) is 0 Å². The van der Waals surface area contributed by atoms with Gasteiger partial charge in [-0.15, -0.1) is 0 Å². The molecule has 0 saturated carbocycles. The molecule has 1 aliphatic heterocycles. The zero-order valence-corrected chi connectivity index (χ0v) is 11.3. The summed E-state index contributed by atoms with van der Waals surface area (Å²) in [5.74, 6) is -0.573. The average Bonchev–Trinajstić information content (AvgIpc) is 2.31. The number of carbonyl (C=O) groups excluding carboxylic acids is 2. The molecule has 1 rings (SSSR count). The number of amides is 2. The van der Waals surface area contributed by atoms with Crippen molar-refractivity contribution in [2.45, 2.75) is 19.4 Å². The first-order chi connectivity index (χ1) is 8.35. The van der Waals surface area contributed by atoms with E-state index in [-0.39, 0.29) is 11.8 Å². The Balaban J connectivity index is 2.48. The molecule has 0 bridgehead atoms. The molecule has 6 heteroatoms. The lowest BCUT2D eigenvalue weighted by molar-refractivity contribution is -0.135. The second-order valence-corrected chi connectivity index (χ2v) is 5.05. The van der Waals surface area contributed by atoms with Crippen LogP contribution in [0.2, 0.25) is 0 Å². The third-order valence-corrected chi connectivity index (χ3v) is 2.95. The van der Waals surface area contributed by atoms with Crippen LogP contribution in [-0.4, -0.2) is 60.5 Å². The van der Waals surface area contributed by atoms with E-state index in [2.05, 4.69) is 22.2 Å². The standard InChI is InChI=1S/C12H22N4O2/c1-5-10(17)13-12(2,3)11(18)14-16-8-6-15(4)7-9-16/h5H,1,6-9H2,2-4H3,(H,13,17)(H,14,18). The Morgan fingerprint density at radius 2 is 1.78 bits per heavy atom. The largest absolute Gasteiger partial charge is 0.339 e. The Hall–Kier alpha value is -1.40. The van der Waals surface area contributed by atoms with E-state index in [0.29, 0.717) is 0 Å². The second-order valence-electron chi connectivity index (χ2n) is 5.05. The summed E-state index contributed by atoms with van der Waals surface area (Å²) in [5.41, 5.74) is 1.88. The molecule has 1 aliphatic rings. The third kappa shape index (κ3) is 4.12. The van der Waals surface area contributed by atoms with Gasteiger partial charge in [0, 0.05) is 26.2 Å². The number of piperazine rings is 1. The van der Waals surface area contributed by atoms with E-state index in [1.165, 1.54) is 0 Å². The quantitative estimate of drug-likeness (QED) is 0.654. The first-order valence-corrected chi connectivity index (χ1v) is 6.04. The van der Waals surface area contributed by atoms with Crippen molar-refractivity contribution < 1.29 is 9.59 Å². The number of nitrogens with one attached hydrogen (secondary N) is 2. The summed E-state index contributed by atoms with van der Waals surface area (Å²) in [6.07, 6.45) is 1.16. The van der Waals surface area contributed by atoms with Gasteiger partial charge in [-0.1, -0.05) is 6.58 Å². The Morgan fingerprint density at radius 3 is 2.28 bits per heavy atom. The summed E-state index contributed by atoms with van der Waals surface area (Å²) >= 11 is 0. The maximum atomic E-state index is 12.1. The minimum absolute atomic E-state index is 0.220. The molecular weight excluding hydrogens is 232 g/mol. The maximum Gasteiger partial charge on any atom is 0.259 e. The number of carbonyl (C=O) groups is 2. The minimum Gasteiger partial charge on any atom is -0.339 e. The van der Waals surface area contributed by atoms with Crippen molar-refractivity contribution in [3.8, 4) is 0 Å². The van der Waals surface area contributed by atoms with Gasteiger partial charge in [0.05, 0.1) is 0 Å². The molecule has 0 aromatic heterocycles. The van der Waals surface area contributed by atoms with Crippen molar-refractivity contribution in [1.82, 2.24) is 20.7 Å². The molecule has 0 unspecified atom stereocenters. The number of hydrogen-bond acceptors (Lipinski definition) is 4. The summed E-state index contributed by atoms with van der Waals surface area (Å²) in [7, 11) is 2.05.